The van der Waals surface area contributed by atoms with Crippen LogP contribution in [0.1, 0.15) is 32.3 Å². The molecule has 27 heavy (non-hydrogen) atoms. The van der Waals surface area contributed by atoms with Crippen molar-refractivity contribution in [1.82, 2.24) is 10.2 Å². The summed E-state index contributed by atoms with van der Waals surface area (Å²) in [4.78, 5) is 19.0. The lowest BCUT2D eigenvalue weighted by Crippen LogP contribution is -2.45. The van der Waals surface area contributed by atoms with Crippen molar-refractivity contribution in [3.05, 3.63) is 40.9 Å². The number of methoxy groups -OCH3 is 1. The number of nitrogens with zero attached hydrogens (tertiary/aromatic N) is 2. The highest BCUT2D eigenvalue weighted by Gasteiger charge is 2.20. The highest BCUT2D eigenvalue weighted by molar-refractivity contribution is 6.30. The van der Waals surface area contributed by atoms with E-state index in [4.69, 9.17) is 21.3 Å². The SMILES string of the molecule is COCCCC1=NC(c2ccc(Cl)cc2)=CCN1CC(=O)NCC(C)(C)O. The number of amidine groups is 1. The molecule has 0 bridgehead atoms. The Morgan fingerprint density at radius 2 is 2.07 bits per heavy atom. The van der Waals surface area contributed by atoms with Crippen LogP contribution < -0.4 is 5.32 Å². The number of carbonyl (C=O) groups is 1. The largest absolute Gasteiger partial charge is 0.389 e. The molecule has 0 fully saturated rings. The Labute approximate surface area is 165 Å². The second-order valence-electron chi connectivity index (χ2n) is 7.19. The van der Waals surface area contributed by atoms with Gasteiger partial charge in [0.15, 0.2) is 0 Å². The van der Waals surface area contributed by atoms with Gasteiger partial charge in [-0.2, -0.15) is 0 Å². The van der Waals surface area contributed by atoms with Crippen molar-refractivity contribution in [1.29, 1.82) is 0 Å². The Morgan fingerprint density at radius 3 is 2.70 bits per heavy atom. The highest BCUT2D eigenvalue weighted by atomic mass is 35.5. The summed E-state index contributed by atoms with van der Waals surface area (Å²) in [5.41, 5.74) is 0.941. The Bertz CT molecular complexity index is 693. The maximum Gasteiger partial charge on any atom is 0.239 e. The summed E-state index contributed by atoms with van der Waals surface area (Å²) in [5.74, 6) is 0.720. The maximum absolute atomic E-state index is 12.2. The Hall–Kier alpha value is -1.89. The molecule has 1 amide bonds. The first-order chi connectivity index (χ1) is 12.8. The van der Waals surface area contributed by atoms with Crippen molar-refractivity contribution >= 4 is 29.0 Å². The number of aliphatic imine (C=N–C) groups is 1. The van der Waals surface area contributed by atoms with Crippen LogP contribution in [0.3, 0.4) is 0 Å². The first-order valence-electron chi connectivity index (χ1n) is 9.05. The fraction of sp³-hybridized carbons (Fsp3) is 0.500. The Kier molecular flexibility index (Phi) is 7.83. The molecule has 0 saturated carbocycles. The van der Waals surface area contributed by atoms with E-state index in [1.165, 1.54) is 0 Å². The molecule has 0 radical (unpaired) electrons. The molecule has 2 N–H and O–H groups in total. The molecule has 1 aliphatic rings. The van der Waals surface area contributed by atoms with E-state index in [9.17, 15) is 9.90 Å². The quantitative estimate of drug-likeness (QED) is 0.632. The number of nitrogens with one attached hydrogen (secondary N) is 1. The minimum absolute atomic E-state index is 0.139. The van der Waals surface area contributed by atoms with E-state index in [-0.39, 0.29) is 19.0 Å². The number of carbonyl (C=O) groups excluding carboxylic acids is 1. The number of benzene rings is 1. The number of ether oxygens (including phenoxy) is 1. The number of rotatable bonds is 9. The number of halogens is 1. The van der Waals surface area contributed by atoms with Gasteiger partial charge in [0.2, 0.25) is 5.91 Å². The predicted molar refractivity (Wildman–Crippen MR) is 109 cm³/mol. The van der Waals surface area contributed by atoms with E-state index in [2.05, 4.69) is 5.32 Å². The van der Waals surface area contributed by atoms with Crippen molar-refractivity contribution in [2.75, 3.05) is 33.4 Å². The molecule has 1 aliphatic heterocycles. The molecule has 0 aliphatic carbocycles. The minimum atomic E-state index is -0.936. The van der Waals surface area contributed by atoms with Gasteiger partial charge in [0.05, 0.1) is 17.8 Å². The zero-order chi connectivity index (χ0) is 19.9. The van der Waals surface area contributed by atoms with E-state index < -0.39 is 5.60 Å². The van der Waals surface area contributed by atoms with Gasteiger partial charge in [0.1, 0.15) is 5.84 Å². The molecular formula is C20H28ClN3O3. The third-order valence-electron chi connectivity index (χ3n) is 4.06. The zero-order valence-corrected chi connectivity index (χ0v) is 16.9. The van der Waals surface area contributed by atoms with Crippen molar-refractivity contribution in [2.24, 2.45) is 4.99 Å². The number of hydrogen-bond donors (Lipinski definition) is 2. The normalized spacial score (nSPS) is 14.6. The van der Waals surface area contributed by atoms with E-state index >= 15 is 0 Å². The molecule has 7 heteroatoms. The van der Waals surface area contributed by atoms with Gasteiger partial charge in [-0.1, -0.05) is 23.7 Å². The van der Waals surface area contributed by atoms with Gasteiger partial charge < -0.3 is 20.1 Å². The van der Waals surface area contributed by atoms with Gasteiger partial charge in [-0.05, 0) is 38.5 Å². The Balaban J connectivity index is 2.07. The lowest BCUT2D eigenvalue weighted by molar-refractivity contribution is -0.122. The summed E-state index contributed by atoms with van der Waals surface area (Å²) in [6.45, 7) is 4.96. The zero-order valence-electron chi connectivity index (χ0n) is 16.2. The van der Waals surface area contributed by atoms with Gasteiger partial charge in [0.25, 0.3) is 0 Å². The lowest BCUT2D eigenvalue weighted by Gasteiger charge is -2.29. The molecule has 0 spiro atoms. The van der Waals surface area contributed by atoms with Crippen LogP contribution >= 0.6 is 11.6 Å². The van der Waals surface area contributed by atoms with Crippen LogP contribution in [0, 0.1) is 0 Å². The van der Waals surface area contributed by atoms with Gasteiger partial charge >= 0.3 is 0 Å². The monoisotopic (exact) mass is 393 g/mol. The lowest BCUT2D eigenvalue weighted by atomic mass is 10.1. The number of amides is 1. The maximum atomic E-state index is 12.2. The smallest absolute Gasteiger partial charge is 0.239 e. The predicted octanol–water partition coefficient (Wildman–Crippen LogP) is 2.71. The fourth-order valence-corrected chi connectivity index (χ4v) is 2.78. The fourth-order valence-electron chi connectivity index (χ4n) is 2.65. The molecule has 0 saturated heterocycles. The van der Waals surface area contributed by atoms with Gasteiger partial charge in [0, 0.05) is 43.8 Å². The molecule has 2 rings (SSSR count). The number of aliphatic hydroxyl groups is 1. The van der Waals surface area contributed by atoms with Crippen LogP contribution in [0.5, 0.6) is 0 Å². The average molecular weight is 394 g/mol. The third-order valence-corrected chi connectivity index (χ3v) is 4.31. The van der Waals surface area contributed by atoms with E-state index in [1.54, 1.807) is 21.0 Å². The van der Waals surface area contributed by atoms with Crippen LogP contribution in [-0.4, -0.2) is 60.7 Å². The molecular weight excluding hydrogens is 366 g/mol. The van der Waals surface area contributed by atoms with Crippen molar-refractivity contribution in [3.63, 3.8) is 0 Å². The first kappa shape index (κ1) is 21.4. The molecule has 0 atom stereocenters. The summed E-state index contributed by atoms with van der Waals surface area (Å²) in [5, 5.41) is 13.2. The molecule has 6 nitrogen and oxygen atoms in total. The van der Waals surface area contributed by atoms with Crippen LogP contribution in [0.25, 0.3) is 5.70 Å². The molecule has 1 aromatic rings. The van der Waals surface area contributed by atoms with Crippen molar-refractivity contribution in [2.45, 2.75) is 32.3 Å². The average Bonchev–Trinajstić information content (AvgIpc) is 2.61. The minimum Gasteiger partial charge on any atom is -0.389 e. The first-order valence-corrected chi connectivity index (χ1v) is 9.43. The second kappa shape index (κ2) is 9.88. The van der Waals surface area contributed by atoms with Crippen molar-refractivity contribution in [3.8, 4) is 0 Å². The van der Waals surface area contributed by atoms with E-state index in [1.807, 2.05) is 35.2 Å². The Morgan fingerprint density at radius 1 is 1.37 bits per heavy atom. The van der Waals surface area contributed by atoms with E-state index in [0.717, 1.165) is 29.9 Å². The molecule has 1 aromatic carbocycles. The summed E-state index contributed by atoms with van der Waals surface area (Å²) < 4.78 is 5.14. The topological polar surface area (TPSA) is 74.2 Å². The molecule has 148 valence electrons. The van der Waals surface area contributed by atoms with Crippen LogP contribution in [0.2, 0.25) is 5.02 Å². The molecule has 0 unspecified atom stereocenters. The molecule has 1 heterocycles. The second-order valence-corrected chi connectivity index (χ2v) is 7.63. The summed E-state index contributed by atoms with van der Waals surface area (Å²) in [6, 6.07) is 7.56. The standard InChI is InChI=1S/C20H28ClN3O3/c1-20(2,26)14-22-19(25)13-24-11-10-17(15-6-8-16(21)9-7-15)23-18(24)5-4-12-27-3/h6-10,26H,4-5,11-14H2,1-3H3,(H,22,25). The molecule has 0 aromatic heterocycles. The number of hydrogen-bond acceptors (Lipinski definition) is 5. The highest BCUT2D eigenvalue weighted by Crippen LogP contribution is 2.23. The van der Waals surface area contributed by atoms with Crippen molar-refractivity contribution < 1.29 is 14.6 Å². The van der Waals surface area contributed by atoms with Gasteiger partial charge in [-0.15, -0.1) is 0 Å². The summed E-state index contributed by atoms with van der Waals surface area (Å²) in [7, 11) is 1.67. The van der Waals surface area contributed by atoms with Crippen LogP contribution in [0.15, 0.2) is 35.3 Å². The third kappa shape index (κ3) is 7.33. The summed E-state index contributed by atoms with van der Waals surface area (Å²) >= 11 is 5.97. The van der Waals surface area contributed by atoms with Crippen LogP contribution in [0.4, 0.5) is 0 Å². The van der Waals surface area contributed by atoms with E-state index in [0.29, 0.717) is 18.2 Å². The summed E-state index contributed by atoms with van der Waals surface area (Å²) in [6.07, 6.45) is 3.55. The van der Waals surface area contributed by atoms with Gasteiger partial charge in [-0.3, -0.25) is 4.79 Å². The van der Waals surface area contributed by atoms with Gasteiger partial charge in [-0.25, -0.2) is 4.99 Å². The van der Waals surface area contributed by atoms with Crippen LogP contribution in [-0.2, 0) is 9.53 Å².